The normalized spacial score (nSPS) is 27.3. The van der Waals surface area contributed by atoms with E-state index in [-0.39, 0.29) is 11.5 Å². The molecule has 146 valence electrons. The van der Waals surface area contributed by atoms with Gasteiger partial charge in [0.05, 0.1) is 17.1 Å². The van der Waals surface area contributed by atoms with Gasteiger partial charge in [-0.3, -0.25) is 0 Å². The van der Waals surface area contributed by atoms with E-state index in [0.29, 0.717) is 12.8 Å². The molecular weight excluding hydrogens is 362 g/mol. The number of nitrogens with two attached hydrogens (primary N) is 1. The first-order valence-electron chi connectivity index (χ1n) is 10.1. The molecule has 0 unspecified atom stereocenters. The second kappa shape index (κ2) is 6.17. The molecule has 27 heavy (non-hydrogen) atoms. The molecule has 0 amide bonds. The lowest BCUT2D eigenvalue weighted by atomic mass is 9.83. The zero-order chi connectivity index (χ0) is 18.6. The maximum absolute atomic E-state index is 11.6. The van der Waals surface area contributed by atoms with Gasteiger partial charge in [0.25, 0.3) is 0 Å². The molecule has 7 nitrogen and oxygen atoms in total. The van der Waals surface area contributed by atoms with Crippen molar-refractivity contribution in [2.24, 2.45) is 5.14 Å². The molecule has 0 saturated heterocycles. The number of aromatic nitrogens is 3. The third-order valence-corrected chi connectivity index (χ3v) is 8.43. The van der Waals surface area contributed by atoms with Crippen molar-refractivity contribution in [3.8, 4) is 0 Å². The molecule has 0 bridgehead atoms. The highest BCUT2D eigenvalue weighted by Crippen LogP contribution is 2.51. The van der Waals surface area contributed by atoms with Crippen molar-refractivity contribution in [1.29, 1.82) is 0 Å². The zero-order valence-corrected chi connectivity index (χ0v) is 16.3. The number of hydrogen-bond acceptors (Lipinski definition) is 5. The summed E-state index contributed by atoms with van der Waals surface area (Å²) in [7, 11) is -3.43. The van der Waals surface area contributed by atoms with Gasteiger partial charge in [-0.25, -0.2) is 18.5 Å². The predicted molar refractivity (Wildman–Crippen MR) is 104 cm³/mol. The van der Waals surface area contributed by atoms with Gasteiger partial charge in [-0.1, -0.05) is 12.8 Å². The molecule has 1 spiro atoms. The standard InChI is InChI=1S/C19H27N5O2S/c20-27(25,26)14-5-3-13(4-6-14)22-18-15-7-11-19(9-1-2-10-19)17(15)23-16-8-12-21-24(16)18/h8,12-14,22H,1-7,9-11H2,(H2,20,25,26). The highest BCUT2D eigenvalue weighted by molar-refractivity contribution is 7.89. The molecule has 5 rings (SSSR count). The van der Waals surface area contributed by atoms with Crippen molar-refractivity contribution in [3.05, 3.63) is 23.5 Å². The van der Waals surface area contributed by atoms with Gasteiger partial charge >= 0.3 is 0 Å². The summed E-state index contributed by atoms with van der Waals surface area (Å²) in [6.45, 7) is 0. The summed E-state index contributed by atoms with van der Waals surface area (Å²) in [6, 6.07) is 2.23. The number of hydrogen-bond donors (Lipinski definition) is 2. The molecule has 3 aliphatic rings. The summed E-state index contributed by atoms with van der Waals surface area (Å²) in [5.74, 6) is 1.07. The summed E-state index contributed by atoms with van der Waals surface area (Å²) < 4.78 is 25.2. The van der Waals surface area contributed by atoms with Crippen LogP contribution in [0.1, 0.15) is 69.0 Å². The van der Waals surface area contributed by atoms with Crippen LogP contribution in [-0.2, 0) is 21.9 Å². The Kier molecular flexibility index (Phi) is 3.98. The van der Waals surface area contributed by atoms with Gasteiger partial charge in [0.1, 0.15) is 5.82 Å². The van der Waals surface area contributed by atoms with Gasteiger partial charge in [0.2, 0.25) is 10.0 Å². The van der Waals surface area contributed by atoms with Gasteiger partial charge < -0.3 is 5.32 Å². The molecular formula is C19H27N5O2S. The third kappa shape index (κ3) is 2.84. The lowest BCUT2D eigenvalue weighted by molar-refractivity contribution is 0.429. The van der Waals surface area contributed by atoms with Gasteiger partial charge in [-0.15, -0.1) is 0 Å². The third-order valence-electron chi connectivity index (χ3n) is 7.03. The van der Waals surface area contributed by atoms with Gasteiger partial charge in [0, 0.05) is 23.1 Å². The minimum absolute atomic E-state index is 0.252. The summed E-state index contributed by atoms with van der Waals surface area (Å²) >= 11 is 0. The lowest BCUT2D eigenvalue weighted by Gasteiger charge is -2.29. The minimum Gasteiger partial charge on any atom is -0.367 e. The molecule has 2 heterocycles. The summed E-state index contributed by atoms with van der Waals surface area (Å²) in [5.41, 5.74) is 3.78. The SMILES string of the molecule is NS(=O)(=O)C1CCC(Nc2c3c(nc4ccnn24)C2(CCCC2)CC3)CC1. The molecule has 3 aliphatic carbocycles. The quantitative estimate of drug-likeness (QED) is 0.840. The smallest absolute Gasteiger partial charge is 0.211 e. The largest absolute Gasteiger partial charge is 0.367 e. The van der Waals surface area contributed by atoms with Crippen molar-refractivity contribution in [2.75, 3.05) is 5.32 Å². The van der Waals surface area contributed by atoms with Crippen LogP contribution in [0.15, 0.2) is 12.3 Å². The second-order valence-electron chi connectivity index (χ2n) is 8.58. The van der Waals surface area contributed by atoms with Crippen molar-refractivity contribution in [1.82, 2.24) is 14.6 Å². The van der Waals surface area contributed by atoms with Gasteiger partial charge in [-0.2, -0.15) is 9.61 Å². The molecule has 0 atom stereocenters. The molecule has 2 fully saturated rings. The first-order chi connectivity index (χ1) is 13.0. The van der Waals surface area contributed by atoms with E-state index in [4.69, 9.17) is 10.1 Å². The average molecular weight is 390 g/mol. The highest BCUT2D eigenvalue weighted by atomic mass is 32.2. The topological polar surface area (TPSA) is 102 Å². The maximum Gasteiger partial charge on any atom is 0.211 e. The number of anilines is 1. The number of fused-ring (bicyclic) bond motifs is 3. The lowest BCUT2D eigenvalue weighted by Crippen LogP contribution is -2.36. The van der Waals surface area contributed by atoms with Crippen molar-refractivity contribution >= 4 is 21.5 Å². The number of nitrogens with zero attached hydrogens (tertiary/aromatic N) is 3. The van der Waals surface area contributed by atoms with Crippen LogP contribution in [0.4, 0.5) is 5.82 Å². The van der Waals surface area contributed by atoms with Crippen LogP contribution in [0.5, 0.6) is 0 Å². The molecule has 3 N–H and O–H groups in total. The van der Waals surface area contributed by atoms with Crippen molar-refractivity contribution in [3.63, 3.8) is 0 Å². The fourth-order valence-corrected chi connectivity index (χ4v) is 6.48. The summed E-state index contributed by atoms with van der Waals surface area (Å²) in [4.78, 5) is 5.01. The summed E-state index contributed by atoms with van der Waals surface area (Å²) in [5, 5.41) is 13.2. The Bertz CT molecular complexity index is 969. The van der Waals surface area contributed by atoms with E-state index in [9.17, 15) is 8.42 Å². The van der Waals surface area contributed by atoms with E-state index in [1.165, 1.54) is 43.4 Å². The first kappa shape index (κ1) is 17.4. The van der Waals surface area contributed by atoms with Gasteiger partial charge in [0.15, 0.2) is 5.65 Å². The van der Waals surface area contributed by atoms with Crippen LogP contribution in [-0.4, -0.2) is 34.3 Å². The number of nitrogens with one attached hydrogen (secondary N) is 1. The van der Waals surface area contributed by atoms with E-state index >= 15 is 0 Å². The molecule has 0 aromatic carbocycles. The molecule has 2 aromatic heterocycles. The molecule has 0 aliphatic heterocycles. The molecule has 0 radical (unpaired) electrons. The van der Waals surface area contributed by atoms with E-state index in [0.717, 1.165) is 30.7 Å². The Morgan fingerprint density at radius 2 is 1.89 bits per heavy atom. The Morgan fingerprint density at radius 1 is 1.15 bits per heavy atom. The predicted octanol–water partition coefficient (Wildman–Crippen LogP) is 2.50. The monoisotopic (exact) mass is 389 g/mol. The van der Waals surface area contributed by atoms with Crippen LogP contribution in [0.2, 0.25) is 0 Å². The second-order valence-corrected chi connectivity index (χ2v) is 10.4. The van der Waals surface area contributed by atoms with E-state index in [2.05, 4.69) is 10.4 Å². The van der Waals surface area contributed by atoms with Crippen LogP contribution < -0.4 is 10.5 Å². The Morgan fingerprint density at radius 3 is 2.59 bits per heavy atom. The highest BCUT2D eigenvalue weighted by Gasteiger charge is 2.44. The van der Waals surface area contributed by atoms with Crippen LogP contribution in [0.25, 0.3) is 5.65 Å². The van der Waals surface area contributed by atoms with E-state index in [1.807, 2.05) is 16.8 Å². The molecule has 8 heteroatoms. The van der Waals surface area contributed by atoms with Crippen molar-refractivity contribution in [2.45, 2.75) is 80.9 Å². The average Bonchev–Trinajstić information content (AvgIpc) is 3.37. The number of rotatable bonds is 3. The van der Waals surface area contributed by atoms with Crippen molar-refractivity contribution < 1.29 is 8.42 Å². The number of primary sulfonamides is 1. The van der Waals surface area contributed by atoms with Crippen LogP contribution in [0.3, 0.4) is 0 Å². The number of sulfonamides is 1. The molecule has 2 saturated carbocycles. The Hall–Kier alpha value is -1.67. The van der Waals surface area contributed by atoms with E-state index < -0.39 is 15.3 Å². The van der Waals surface area contributed by atoms with Crippen LogP contribution in [0, 0.1) is 0 Å². The zero-order valence-electron chi connectivity index (χ0n) is 15.5. The minimum atomic E-state index is -3.43. The fourth-order valence-electron chi connectivity index (χ4n) is 5.55. The fraction of sp³-hybridized carbons (Fsp3) is 0.684. The van der Waals surface area contributed by atoms with Crippen LogP contribution >= 0.6 is 0 Å². The molecule has 2 aromatic rings. The van der Waals surface area contributed by atoms with Gasteiger partial charge in [-0.05, 0) is 51.4 Å². The summed E-state index contributed by atoms with van der Waals surface area (Å²) in [6.07, 6.45) is 12.0. The Labute approximate surface area is 159 Å². The van der Waals surface area contributed by atoms with E-state index in [1.54, 1.807) is 0 Å². The maximum atomic E-state index is 11.6. The first-order valence-corrected chi connectivity index (χ1v) is 11.7. The Balaban J connectivity index is 1.47.